The molecule has 1 aliphatic rings. The smallest absolute Gasteiger partial charge is 0.123 e. The summed E-state index contributed by atoms with van der Waals surface area (Å²) >= 11 is 3.49. The zero-order valence-corrected chi connectivity index (χ0v) is 11.6. The zero-order chi connectivity index (χ0) is 12.4. The van der Waals surface area contributed by atoms with Crippen molar-refractivity contribution in [3.8, 4) is 0 Å². The summed E-state index contributed by atoms with van der Waals surface area (Å²) in [7, 11) is 0. The first-order chi connectivity index (χ1) is 8.09. The van der Waals surface area contributed by atoms with Crippen molar-refractivity contribution in [1.82, 2.24) is 0 Å². The van der Waals surface area contributed by atoms with Gasteiger partial charge in [0.15, 0.2) is 0 Å². The highest BCUT2D eigenvalue weighted by atomic mass is 79.9. The van der Waals surface area contributed by atoms with E-state index >= 15 is 0 Å². The number of nitrogens with zero attached hydrogens (tertiary/aromatic N) is 1. The molecule has 4 heteroatoms. The van der Waals surface area contributed by atoms with E-state index in [0.717, 1.165) is 16.6 Å². The van der Waals surface area contributed by atoms with Crippen molar-refractivity contribution in [2.75, 3.05) is 11.4 Å². The number of hydrogen-bond acceptors (Lipinski definition) is 2. The van der Waals surface area contributed by atoms with Gasteiger partial charge in [0.05, 0.1) is 0 Å². The third kappa shape index (κ3) is 2.63. The van der Waals surface area contributed by atoms with Gasteiger partial charge >= 0.3 is 0 Å². The normalized spacial score (nSPS) is 20.4. The maximum absolute atomic E-state index is 7.46. The summed E-state index contributed by atoms with van der Waals surface area (Å²) in [5.41, 5.74) is 7.49. The number of hydrogen-bond donors (Lipinski definition) is 2. The van der Waals surface area contributed by atoms with Crippen LogP contribution in [0.4, 0.5) is 5.69 Å². The van der Waals surface area contributed by atoms with Crippen LogP contribution in [0.5, 0.6) is 0 Å². The summed E-state index contributed by atoms with van der Waals surface area (Å²) in [6.07, 6.45) is 3.84. The Balaban J connectivity index is 2.27. The topological polar surface area (TPSA) is 53.1 Å². The van der Waals surface area contributed by atoms with Crippen LogP contribution in [0.15, 0.2) is 22.7 Å². The van der Waals surface area contributed by atoms with E-state index in [2.05, 4.69) is 39.9 Å². The molecule has 1 aliphatic heterocycles. The van der Waals surface area contributed by atoms with Crippen LogP contribution >= 0.6 is 15.9 Å². The lowest BCUT2D eigenvalue weighted by Gasteiger charge is -2.35. The Labute approximate surface area is 111 Å². The summed E-state index contributed by atoms with van der Waals surface area (Å²) in [5.74, 6) is 0.107. The molecule has 1 heterocycles. The largest absolute Gasteiger partial charge is 0.384 e. The van der Waals surface area contributed by atoms with Crippen LogP contribution in [0.25, 0.3) is 0 Å². The fraction of sp³-hybridized carbons (Fsp3) is 0.462. The van der Waals surface area contributed by atoms with Gasteiger partial charge in [-0.15, -0.1) is 0 Å². The van der Waals surface area contributed by atoms with Crippen molar-refractivity contribution in [3.05, 3.63) is 28.2 Å². The molecular formula is C13H18BrN3. The second kappa shape index (κ2) is 5.08. The van der Waals surface area contributed by atoms with Gasteiger partial charge in [-0.2, -0.15) is 0 Å². The highest BCUT2D eigenvalue weighted by Gasteiger charge is 2.19. The molecule has 1 aromatic carbocycles. The molecule has 2 rings (SSSR count). The number of amidine groups is 1. The molecule has 0 bridgehead atoms. The number of rotatable bonds is 2. The number of anilines is 1. The summed E-state index contributed by atoms with van der Waals surface area (Å²) in [6, 6.07) is 6.64. The highest BCUT2D eigenvalue weighted by molar-refractivity contribution is 9.10. The third-order valence-electron chi connectivity index (χ3n) is 3.38. The Morgan fingerprint density at radius 2 is 2.24 bits per heavy atom. The van der Waals surface area contributed by atoms with E-state index in [-0.39, 0.29) is 5.84 Å². The van der Waals surface area contributed by atoms with Gasteiger partial charge in [0.25, 0.3) is 0 Å². The zero-order valence-electron chi connectivity index (χ0n) is 10.0. The minimum absolute atomic E-state index is 0.107. The van der Waals surface area contributed by atoms with Crippen molar-refractivity contribution >= 4 is 27.5 Å². The Hall–Kier alpha value is -1.03. The fourth-order valence-corrected chi connectivity index (χ4v) is 2.96. The SMILES string of the molecule is CC1CCCCN1c1ccc(C(=N)N)c(Br)c1. The molecule has 0 spiro atoms. The first kappa shape index (κ1) is 12.4. The van der Waals surface area contributed by atoms with Gasteiger partial charge < -0.3 is 10.6 Å². The standard InChI is InChI=1S/C13H18BrN3/c1-9-4-2-3-7-17(9)10-5-6-11(13(15)16)12(14)8-10/h5-6,8-9H,2-4,7H2,1H3,(H3,15,16). The molecule has 3 nitrogen and oxygen atoms in total. The highest BCUT2D eigenvalue weighted by Crippen LogP contribution is 2.28. The molecule has 1 fully saturated rings. The first-order valence-electron chi connectivity index (χ1n) is 6.00. The predicted molar refractivity (Wildman–Crippen MR) is 75.8 cm³/mol. The van der Waals surface area contributed by atoms with E-state index in [4.69, 9.17) is 11.1 Å². The molecule has 0 radical (unpaired) electrons. The molecule has 3 N–H and O–H groups in total. The van der Waals surface area contributed by atoms with Crippen LogP contribution in [0, 0.1) is 5.41 Å². The van der Waals surface area contributed by atoms with E-state index in [1.165, 1.54) is 24.9 Å². The van der Waals surface area contributed by atoms with Crippen LogP contribution in [-0.2, 0) is 0 Å². The van der Waals surface area contributed by atoms with Crippen molar-refractivity contribution in [1.29, 1.82) is 5.41 Å². The van der Waals surface area contributed by atoms with Crippen molar-refractivity contribution in [2.45, 2.75) is 32.2 Å². The lowest BCUT2D eigenvalue weighted by Crippen LogP contribution is -2.37. The van der Waals surface area contributed by atoms with Crippen LogP contribution in [0.1, 0.15) is 31.7 Å². The number of nitrogens with two attached hydrogens (primary N) is 1. The van der Waals surface area contributed by atoms with E-state index < -0.39 is 0 Å². The minimum atomic E-state index is 0.107. The van der Waals surface area contributed by atoms with E-state index in [1.54, 1.807) is 0 Å². The summed E-state index contributed by atoms with van der Waals surface area (Å²) < 4.78 is 0.903. The van der Waals surface area contributed by atoms with Crippen LogP contribution in [-0.4, -0.2) is 18.4 Å². The van der Waals surface area contributed by atoms with E-state index in [0.29, 0.717) is 6.04 Å². The van der Waals surface area contributed by atoms with Crippen molar-refractivity contribution < 1.29 is 0 Å². The minimum Gasteiger partial charge on any atom is -0.384 e. The second-order valence-electron chi connectivity index (χ2n) is 4.62. The molecule has 92 valence electrons. The maximum Gasteiger partial charge on any atom is 0.123 e. The van der Waals surface area contributed by atoms with Crippen molar-refractivity contribution in [2.24, 2.45) is 5.73 Å². The molecule has 1 atom stereocenters. The fourth-order valence-electron chi connectivity index (χ4n) is 2.38. The van der Waals surface area contributed by atoms with Gasteiger partial charge in [0, 0.05) is 28.3 Å². The molecular weight excluding hydrogens is 278 g/mol. The summed E-state index contributed by atoms with van der Waals surface area (Å²) in [6.45, 7) is 3.39. The number of benzene rings is 1. The third-order valence-corrected chi connectivity index (χ3v) is 4.03. The second-order valence-corrected chi connectivity index (χ2v) is 5.47. The average Bonchev–Trinajstić information content (AvgIpc) is 2.29. The first-order valence-corrected chi connectivity index (χ1v) is 6.79. The monoisotopic (exact) mass is 295 g/mol. The maximum atomic E-state index is 7.46. The Morgan fingerprint density at radius 1 is 1.47 bits per heavy atom. The number of halogens is 1. The number of nitrogens with one attached hydrogen (secondary N) is 1. The number of nitrogen functional groups attached to an aromatic ring is 1. The molecule has 0 aliphatic carbocycles. The molecule has 1 unspecified atom stereocenters. The quantitative estimate of drug-likeness (QED) is 0.651. The van der Waals surface area contributed by atoms with E-state index in [1.807, 2.05) is 6.07 Å². The van der Waals surface area contributed by atoms with Crippen LogP contribution < -0.4 is 10.6 Å². The molecule has 0 amide bonds. The average molecular weight is 296 g/mol. The van der Waals surface area contributed by atoms with Gasteiger partial charge in [0.2, 0.25) is 0 Å². The molecule has 0 aromatic heterocycles. The Bertz CT molecular complexity index is 431. The molecule has 17 heavy (non-hydrogen) atoms. The summed E-state index contributed by atoms with van der Waals surface area (Å²) in [4.78, 5) is 2.43. The van der Waals surface area contributed by atoms with Crippen LogP contribution in [0.2, 0.25) is 0 Å². The lowest BCUT2D eigenvalue weighted by atomic mass is 10.0. The molecule has 1 aromatic rings. The van der Waals surface area contributed by atoms with Gasteiger partial charge in [0.1, 0.15) is 5.84 Å². The van der Waals surface area contributed by atoms with Gasteiger partial charge in [-0.1, -0.05) is 0 Å². The molecule has 1 saturated heterocycles. The predicted octanol–water partition coefficient (Wildman–Crippen LogP) is 3.11. The van der Waals surface area contributed by atoms with Gasteiger partial charge in [-0.3, -0.25) is 5.41 Å². The molecule has 0 saturated carbocycles. The Kier molecular flexibility index (Phi) is 3.72. The van der Waals surface area contributed by atoms with E-state index in [9.17, 15) is 0 Å². The Morgan fingerprint density at radius 3 is 2.82 bits per heavy atom. The lowest BCUT2D eigenvalue weighted by molar-refractivity contribution is 0.485. The van der Waals surface area contributed by atoms with Gasteiger partial charge in [-0.25, -0.2) is 0 Å². The van der Waals surface area contributed by atoms with Gasteiger partial charge in [-0.05, 0) is 60.3 Å². The van der Waals surface area contributed by atoms with Crippen LogP contribution in [0.3, 0.4) is 0 Å². The summed E-state index contributed by atoms with van der Waals surface area (Å²) in [5, 5.41) is 7.46. The number of piperidine rings is 1. The van der Waals surface area contributed by atoms with Crippen molar-refractivity contribution in [3.63, 3.8) is 0 Å².